The number of aryl methyl sites for hydroxylation is 1. The van der Waals surface area contributed by atoms with E-state index in [-0.39, 0.29) is 18.4 Å². The van der Waals surface area contributed by atoms with Crippen LogP contribution >= 0.6 is 0 Å². The molecule has 5 heteroatoms. The Balaban J connectivity index is 1.86. The van der Waals surface area contributed by atoms with Gasteiger partial charge in [-0.05, 0) is 48.6 Å². The third-order valence-corrected chi connectivity index (χ3v) is 5.97. The molecular formula is C30H36N2O3. The summed E-state index contributed by atoms with van der Waals surface area (Å²) in [6, 6.07) is 25.0. The fraction of sp³-hybridized carbons (Fsp3) is 0.333. The van der Waals surface area contributed by atoms with Crippen molar-refractivity contribution in [3.8, 4) is 5.75 Å². The number of likely N-dealkylation sites (N-methyl/N-ethyl adjacent to an activating group) is 1. The van der Waals surface area contributed by atoms with E-state index < -0.39 is 6.04 Å². The van der Waals surface area contributed by atoms with Crippen LogP contribution in [0.15, 0.2) is 78.9 Å². The summed E-state index contributed by atoms with van der Waals surface area (Å²) in [4.78, 5) is 28.4. The van der Waals surface area contributed by atoms with Crippen molar-refractivity contribution in [2.24, 2.45) is 0 Å². The standard InChI is InChI=1S/C30H36N2O3/c1-5-31-30(34)28(19-24-11-7-6-8-12-24)32(20-25-13-9-10-23(4)18-25)29(33)21-35-27-16-14-26(15-17-27)22(2)3/h6-18,22,28H,5,19-21H2,1-4H3,(H,31,34)/t28-/m0/s1. The summed E-state index contributed by atoms with van der Waals surface area (Å²) in [6.07, 6.45) is 0.424. The molecule has 0 aliphatic heterocycles. The van der Waals surface area contributed by atoms with Gasteiger partial charge in [0.1, 0.15) is 11.8 Å². The molecule has 1 atom stereocenters. The summed E-state index contributed by atoms with van der Waals surface area (Å²) < 4.78 is 5.86. The summed E-state index contributed by atoms with van der Waals surface area (Å²) in [5.74, 6) is 0.660. The zero-order chi connectivity index (χ0) is 25.2. The second-order valence-electron chi connectivity index (χ2n) is 9.12. The van der Waals surface area contributed by atoms with Crippen LogP contribution in [0.25, 0.3) is 0 Å². The first-order valence-corrected chi connectivity index (χ1v) is 12.3. The fourth-order valence-electron chi connectivity index (χ4n) is 4.03. The molecule has 35 heavy (non-hydrogen) atoms. The Kier molecular flexibility index (Phi) is 9.47. The van der Waals surface area contributed by atoms with Gasteiger partial charge >= 0.3 is 0 Å². The maximum absolute atomic E-state index is 13.5. The highest BCUT2D eigenvalue weighted by molar-refractivity contribution is 5.88. The van der Waals surface area contributed by atoms with E-state index in [9.17, 15) is 9.59 Å². The maximum atomic E-state index is 13.5. The monoisotopic (exact) mass is 472 g/mol. The molecule has 1 N–H and O–H groups in total. The molecule has 184 valence electrons. The van der Waals surface area contributed by atoms with Crippen LogP contribution in [-0.2, 0) is 22.6 Å². The highest BCUT2D eigenvalue weighted by Gasteiger charge is 2.30. The van der Waals surface area contributed by atoms with Gasteiger partial charge in [0.05, 0.1) is 0 Å². The molecule has 0 bridgehead atoms. The van der Waals surface area contributed by atoms with Crippen LogP contribution in [0.2, 0.25) is 0 Å². The lowest BCUT2D eigenvalue weighted by atomic mass is 10.0. The molecule has 0 aliphatic carbocycles. The predicted octanol–water partition coefficient (Wildman–Crippen LogP) is 5.27. The summed E-state index contributed by atoms with van der Waals surface area (Å²) in [5.41, 5.74) is 4.29. The first-order chi connectivity index (χ1) is 16.9. The third-order valence-electron chi connectivity index (χ3n) is 5.97. The van der Waals surface area contributed by atoms with Crippen LogP contribution in [0.5, 0.6) is 5.75 Å². The highest BCUT2D eigenvalue weighted by Crippen LogP contribution is 2.20. The number of nitrogens with zero attached hydrogens (tertiary/aromatic N) is 1. The van der Waals surface area contributed by atoms with Gasteiger partial charge in [0.15, 0.2) is 6.61 Å². The SMILES string of the molecule is CCNC(=O)[C@H](Cc1ccccc1)N(Cc1cccc(C)c1)C(=O)COc1ccc(C(C)C)cc1. The Morgan fingerprint density at radius 2 is 1.60 bits per heavy atom. The summed E-state index contributed by atoms with van der Waals surface area (Å²) in [6.45, 7) is 8.85. The second-order valence-corrected chi connectivity index (χ2v) is 9.12. The quantitative estimate of drug-likeness (QED) is 0.413. The number of carbonyl (C=O) groups is 2. The molecule has 0 saturated carbocycles. The van der Waals surface area contributed by atoms with Crippen molar-refractivity contribution in [2.75, 3.05) is 13.2 Å². The molecule has 0 heterocycles. The molecule has 0 fully saturated rings. The molecule has 0 unspecified atom stereocenters. The van der Waals surface area contributed by atoms with Gasteiger partial charge < -0.3 is 15.0 Å². The number of hydrogen-bond donors (Lipinski definition) is 1. The molecule has 0 saturated heterocycles. The van der Waals surface area contributed by atoms with Crippen LogP contribution in [-0.4, -0.2) is 35.9 Å². The zero-order valence-electron chi connectivity index (χ0n) is 21.2. The predicted molar refractivity (Wildman–Crippen MR) is 140 cm³/mol. The van der Waals surface area contributed by atoms with Gasteiger partial charge in [-0.25, -0.2) is 0 Å². The minimum Gasteiger partial charge on any atom is -0.484 e. The number of amides is 2. The molecule has 3 aromatic rings. The first kappa shape index (κ1) is 26.0. The van der Waals surface area contributed by atoms with Gasteiger partial charge in [0.2, 0.25) is 5.91 Å². The Bertz CT molecular complexity index is 1090. The van der Waals surface area contributed by atoms with Gasteiger partial charge in [-0.1, -0.05) is 86.1 Å². The van der Waals surface area contributed by atoms with E-state index in [2.05, 4.69) is 19.2 Å². The third kappa shape index (κ3) is 7.71. The van der Waals surface area contributed by atoms with Gasteiger partial charge in [-0.15, -0.1) is 0 Å². The highest BCUT2D eigenvalue weighted by atomic mass is 16.5. The van der Waals surface area contributed by atoms with E-state index in [1.807, 2.05) is 92.7 Å². The van der Waals surface area contributed by atoms with Crippen molar-refractivity contribution in [3.05, 3.63) is 101 Å². The van der Waals surface area contributed by atoms with Gasteiger partial charge in [-0.2, -0.15) is 0 Å². The molecule has 5 nitrogen and oxygen atoms in total. The number of rotatable bonds is 11. The van der Waals surface area contributed by atoms with E-state index in [0.29, 0.717) is 31.2 Å². The van der Waals surface area contributed by atoms with Crippen molar-refractivity contribution in [2.45, 2.75) is 52.6 Å². The molecular weight excluding hydrogens is 436 g/mol. The maximum Gasteiger partial charge on any atom is 0.261 e. The van der Waals surface area contributed by atoms with Crippen LogP contribution in [0.4, 0.5) is 0 Å². The number of ether oxygens (including phenoxy) is 1. The fourth-order valence-corrected chi connectivity index (χ4v) is 4.03. The summed E-state index contributed by atoms with van der Waals surface area (Å²) in [5, 5.41) is 2.92. The van der Waals surface area contributed by atoms with E-state index in [4.69, 9.17) is 4.74 Å². The van der Waals surface area contributed by atoms with Crippen LogP contribution in [0.3, 0.4) is 0 Å². The Hall–Kier alpha value is -3.60. The van der Waals surface area contributed by atoms with Crippen LogP contribution in [0.1, 0.15) is 48.9 Å². The first-order valence-electron chi connectivity index (χ1n) is 12.3. The molecule has 0 aliphatic rings. The van der Waals surface area contributed by atoms with Crippen molar-refractivity contribution in [3.63, 3.8) is 0 Å². The van der Waals surface area contributed by atoms with Crippen molar-refractivity contribution in [1.82, 2.24) is 10.2 Å². The minimum absolute atomic E-state index is 0.141. The van der Waals surface area contributed by atoms with Crippen LogP contribution in [0, 0.1) is 6.92 Å². The Labute approximate surface area is 209 Å². The molecule has 0 aromatic heterocycles. The van der Waals surface area contributed by atoms with E-state index in [0.717, 1.165) is 16.7 Å². The number of nitrogens with one attached hydrogen (secondary N) is 1. The van der Waals surface area contributed by atoms with E-state index in [1.54, 1.807) is 4.90 Å². The minimum atomic E-state index is -0.655. The Morgan fingerprint density at radius 1 is 0.914 bits per heavy atom. The molecule has 3 rings (SSSR count). The van der Waals surface area contributed by atoms with Gasteiger partial charge in [0.25, 0.3) is 5.91 Å². The Morgan fingerprint density at radius 3 is 2.23 bits per heavy atom. The van der Waals surface area contributed by atoms with E-state index >= 15 is 0 Å². The smallest absolute Gasteiger partial charge is 0.261 e. The zero-order valence-corrected chi connectivity index (χ0v) is 21.2. The lowest BCUT2D eigenvalue weighted by molar-refractivity contribution is -0.142. The largest absolute Gasteiger partial charge is 0.484 e. The molecule has 2 amide bonds. The van der Waals surface area contributed by atoms with Crippen molar-refractivity contribution in [1.29, 1.82) is 0 Å². The summed E-state index contributed by atoms with van der Waals surface area (Å²) in [7, 11) is 0. The molecule has 3 aromatic carbocycles. The lowest BCUT2D eigenvalue weighted by Gasteiger charge is -2.31. The van der Waals surface area contributed by atoms with E-state index in [1.165, 1.54) is 5.56 Å². The van der Waals surface area contributed by atoms with Crippen molar-refractivity contribution >= 4 is 11.8 Å². The number of carbonyl (C=O) groups excluding carboxylic acids is 2. The van der Waals surface area contributed by atoms with Crippen LogP contribution < -0.4 is 10.1 Å². The molecule has 0 spiro atoms. The van der Waals surface area contributed by atoms with Gasteiger partial charge in [0, 0.05) is 19.5 Å². The normalized spacial score (nSPS) is 11.7. The average Bonchev–Trinajstić information content (AvgIpc) is 2.85. The average molecular weight is 473 g/mol. The number of hydrogen-bond acceptors (Lipinski definition) is 3. The number of benzene rings is 3. The van der Waals surface area contributed by atoms with Crippen molar-refractivity contribution < 1.29 is 14.3 Å². The lowest BCUT2D eigenvalue weighted by Crippen LogP contribution is -2.51. The second kappa shape index (κ2) is 12.7. The summed E-state index contributed by atoms with van der Waals surface area (Å²) >= 11 is 0. The topological polar surface area (TPSA) is 58.6 Å². The van der Waals surface area contributed by atoms with Gasteiger partial charge in [-0.3, -0.25) is 9.59 Å². The molecule has 0 radical (unpaired) electrons.